The Hall–Kier alpha value is -1.58. The molecule has 166 valence electrons. The van der Waals surface area contributed by atoms with Gasteiger partial charge in [0.05, 0.1) is 4.90 Å². The predicted octanol–water partition coefficient (Wildman–Crippen LogP) is 8.12. The molecule has 1 aromatic rings. The number of sulfone groups is 1. The zero-order valence-corrected chi connectivity index (χ0v) is 21.2. The van der Waals surface area contributed by atoms with Gasteiger partial charge in [-0.15, -0.1) is 0 Å². The van der Waals surface area contributed by atoms with Crippen molar-refractivity contribution in [2.24, 2.45) is 5.41 Å². The fourth-order valence-electron chi connectivity index (χ4n) is 3.69. The molecule has 0 aliphatic heterocycles. The van der Waals surface area contributed by atoms with Crippen molar-refractivity contribution in [2.75, 3.05) is 6.26 Å². The van der Waals surface area contributed by atoms with Gasteiger partial charge >= 0.3 is 0 Å². The zero-order valence-electron chi connectivity index (χ0n) is 19.6. The maximum absolute atomic E-state index is 11.8. The van der Waals surface area contributed by atoms with Crippen LogP contribution in [0.3, 0.4) is 0 Å². The lowest BCUT2D eigenvalue weighted by Crippen LogP contribution is -2.05. The first kappa shape index (κ1) is 26.5. The molecule has 0 atom stereocenters. The minimum Gasteiger partial charge on any atom is -0.224 e. The van der Waals surface area contributed by atoms with Crippen LogP contribution in [0, 0.1) is 5.41 Å². The van der Waals surface area contributed by atoms with Crippen molar-refractivity contribution in [2.45, 2.75) is 72.1 Å². The van der Waals surface area contributed by atoms with Crippen molar-refractivity contribution in [1.29, 1.82) is 0 Å². The van der Waals surface area contributed by atoms with Gasteiger partial charge in [-0.3, -0.25) is 0 Å². The topological polar surface area (TPSA) is 34.1 Å². The third kappa shape index (κ3) is 7.59. The molecule has 1 aliphatic carbocycles. The summed E-state index contributed by atoms with van der Waals surface area (Å²) in [5.41, 5.74) is 6.51. The maximum Gasteiger partial charge on any atom is 0.175 e. The van der Waals surface area contributed by atoms with Gasteiger partial charge in [-0.25, -0.2) is 8.42 Å². The smallest absolute Gasteiger partial charge is 0.175 e. The van der Waals surface area contributed by atoms with Crippen LogP contribution in [0.1, 0.15) is 72.8 Å². The third-order valence-corrected chi connectivity index (χ3v) is 6.78. The third-order valence-electron chi connectivity index (χ3n) is 5.35. The van der Waals surface area contributed by atoms with E-state index in [1.165, 1.54) is 23.0 Å². The Kier molecular flexibility index (Phi) is 9.84. The highest BCUT2D eigenvalue weighted by Gasteiger charge is 2.31. The molecule has 2 rings (SSSR count). The lowest BCUT2D eigenvalue weighted by atomic mass is 9.87. The number of hydrogen-bond acceptors (Lipinski definition) is 2. The molecule has 0 radical (unpaired) electrons. The quantitative estimate of drug-likeness (QED) is 0.311. The van der Waals surface area contributed by atoms with Crippen LogP contribution in [0.5, 0.6) is 0 Å². The summed E-state index contributed by atoms with van der Waals surface area (Å²) < 4.78 is 23.5. The van der Waals surface area contributed by atoms with E-state index in [0.29, 0.717) is 9.93 Å². The van der Waals surface area contributed by atoms with Crippen LogP contribution < -0.4 is 0 Å². The van der Waals surface area contributed by atoms with E-state index in [4.69, 9.17) is 11.6 Å². The number of rotatable bonds is 7. The Balaban J connectivity index is 0.00000218. The van der Waals surface area contributed by atoms with Crippen molar-refractivity contribution in [3.8, 4) is 0 Å². The van der Waals surface area contributed by atoms with Crippen LogP contribution >= 0.6 is 11.6 Å². The second-order valence-electron chi connectivity index (χ2n) is 8.52. The van der Waals surface area contributed by atoms with Gasteiger partial charge in [0.1, 0.15) is 0 Å². The van der Waals surface area contributed by atoms with Crippen molar-refractivity contribution >= 4 is 27.0 Å². The normalized spacial score (nSPS) is 16.9. The summed E-state index contributed by atoms with van der Waals surface area (Å²) >= 11 is 5.98. The average molecular weight is 449 g/mol. The molecule has 4 heteroatoms. The molecule has 0 saturated heterocycles. The monoisotopic (exact) mass is 448 g/mol. The van der Waals surface area contributed by atoms with Gasteiger partial charge in [-0.05, 0) is 73.8 Å². The summed E-state index contributed by atoms with van der Waals surface area (Å²) in [6.07, 6.45) is 9.41. The van der Waals surface area contributed by atoms with Gasteiger partial charge < -0.3 is 0 Å². The van der Waals surface area contributed by atoms with Gasteiger partial charge in [0.15, 0.2) is 9.84 Å². The molecule has 0 fully saturated rings. The molecule has 0 aromatic heterocycles. The van der Waals surface area contributed by atoms with E-state index in [9.17, 15) is 8.42 Å². The number of benzene rings is 1. The van der Waals surface area contributed by atoms with E-state index < -0.39 is 9.84 Å². The second kappa shape index (κ2) is 11.2. The summed E-state index contributed by atoms with van der Waals surface area (Å²) in [7, 11) is -3.17. The van der Waals surface area contributed by atoms with Crippen LogP contribution in [0.25, 0.3) is 5.57 Å². The van der Waals surface area contributed by atoms with Gasteiger partial charge in [0.2, 0.25) is 0 Å². The highest BCUT2D eigenvalue weighted by molar-refractivity contribution is 7.90. The fraction of sp³-hybridized carbons (Fsp3) is 0.462. The number of hydrogen-bond donors (Lipinski definition) is 0. The van der Waals surface area contributed by atoms with Crippen molar-refractivity contribution < 1.29 is 8.42 Å². The average Bonchev–Trinajstić information content (AvgIpc) is 2.99. The Labute approximate surface area is 189 Å². The predicted molar refractivity (Wildman–Crippen MR) is 133 cm³/mol. The van der Waals surface area contributed by atoms with E-state index in [-0.39, 0.29) is 5.41 Å². The Morgan fingerprint density at radius 3 is 2.20 bits per heavy atom. The van der Waals surface area contributed by atoms with E-state index in [1.807, 2.05) is 32.9 Å². The summed E-state index contributed by atoms with van der Waals surface area (Å²) in [6, 6.07) is 7.33. The molecular weight excluding hydrogens is 412 g/mol. The first-order valence-electron chi connectivity index (χ1n) is 10.6. The molecule has 1 aromatic carbocycles. The van der Waals surface area contributed by atoms with Crippen LogP contribution in [-0.2, 0) is 9.84 Å². The van der Waals surface area contributed by atoms with Crippen molar-refractivity contribution in [3.05, 3.63) is 70.3 Å². The molecular formula is C26H37ClO2S. The zero-order chi connectivity index (χ0) is 23.1. The molecule has 0 spiro atoms. The largest absolute Gasteiger partial charge is 0.224 e. The standard InChI is InChI=1S/C24H31ClO2S.C2H6/c1-7-19(9-8-17(2)18(3)25)14-21-15-24(4,5)16-23(21)20-10-12-22(13-11-20)28(6,26)27;1-2/h7-8,10-13H,3,9,14-16H2,1-2,4-6H3;1-2H3/b17-8?,19-7+;. The van der Waals surface area contributed by atoms with Gasteiger partial charge in [-0.2, -0.15) is 0 Å². The van der Waals surface area contributed by atoms with Crippen LogP contribution in [0.4, 0.5) is 0 Å². The molecule has 0 saturated carbocycles. The molecule has 0 amide bonds. The molecule has 30 heavy (non-hydrogen) atoms. The number of allylic oxidation sites excluding steroid dienone is 7. The summed E-state index contributed by atoms with van der Waals surface area (Å²) in [4.78, 5) is 0.367. The Bertz CT molecular complexity index is 943. The molecule has 0 unspecified atom stereocenters. The Morgan fingerprint density at radius 1 is 1.17 bits per heavy atom. The van der Waals surface area contributed by atoms with Gasteiger partial charge in [0.25, 0.3) is 0 Å². The van der Waals surface area contributed by atoms with E-state index >= 15 is 0 Å². The van der Waals surface area contributed by atoms with E-state index in [0.717, 1.165) is 36.8 Å². The highest BCUT2D eigenvalue weighted by Crippen LogP contribution is 2.47. The molecule has 2 nitrogen and oxygen atoms in total. The lowest BCUT2D eigenvalue weighted by molar-refractivity contribution is 0.395. The van der Waals surface area contributed by atoms with Crippen molar-refractivity contribution in [3.63, 3.8) is 0 Å². The van der Waals surface area contributed by atoms with Gasteiger partial charge in [0, 0.05) is 11.3 Å². The highest BCUT2D eigenvalue weighted by atomic mass is 35.5. The van der Waals surface area contributed by atoms with E-state index in [2.05, 4.69) is 39.5 Å². The van der Waals surface area contributed by atoms with Crippen molar-refractivity contribution in [1.82, 2.24) is 0 Å². The molecule has 0 heterocycles. The summed E-state index contributed by atoms with van der Waals surface area (Å²) in [6.45, 7) is 16.4. The minimum atomic E-state index is -3.17. The first-order chi connectivity index (χ1) is 13.9. The molecule has 0 bridgehead atoms. The maximum atomic E-state index is 11.8. The van der Waals surface area contributed by atoms with Crippen LogP contribution in [-0.4, -0.2) is 14.7 Å². The van der Waals surface area contributed by atoms with Gasteiger partial charge in [-0.1, -0.05) is 81.3 Å². The number of halogens is 1. The summed E-state index contributed by atoms with van der Waals surface area (Å²) in [5, 5.41) is 0.586. The van der Waals surface area contributed by atoms with Crippen LogP contribution in [0.2, 0.25) is 0 Å². The first-order valence-corrected chi connectivity index (χ1v) is 12.9. The minimum absolute atomic E-state index is 0.217. The second-order valence-corrected chi connectivity index (χ2v) is 11.0. The molecule has 0 N–H and O–H groups in total. The Morgan fingerprint density at radius 2 is 1.73 bits per heavy atom. The fourth-order valence-corrected chi connectivity index (χ4v) is 4.40. The molecule has 1 aliphatic rings. The lowest BCUT2D eigenvalue weighted by Gasteiger charge is -2.17. The SMILES string of the molecule is C=C(Cl)C(C)=CC/C(=C\C)CC1=C(c2ccc(S(C)(=O)=O)cc2)CC(C)(C)C1.CC. The van der Waals surface area contributed by atoms with E-state index in [1.54, 1.807) is 12.1 Å². The summed E-state index contributed by atoms with van der Waals surface area (Å²) in [5.74, 6) is 0. The van der Waals surface area contributed by atoms with Crippen LogP contribution in [0.15, 0.2) is 69.6 Å².